The summed E-state index contributed by atoms with van der Waals surface area (Å²) < 4.78 is 1.87. The van der Waals surface area contributed by atoms with Gasteiger partial charge in [-0.1, -0.05) is 13.8 Å². The molecule has 2 aromatic heterocycles. The van der Waals surface area contributed by atoms with Gasteiger partial charge in [-0.15, -0.1) is 0 Å². The number of aryl methyl sites for hydroxylation is 1. The van der Waals surface area contributed by atoms with Gasteiger partial charge < -0.3 is 10.6 Å². The zero-order chi connectivity index (χ0) is 17.8. The molecule has 25 heavy (non-hydrogen) atoms. The molecule has 0 aliphatic heterocycles. The van der Waals surface area contributed by atoms with Crippen LogP contribution in [0.25, 0.3) is 0 Å². The van der Waals surface area contributed by atoms with Gasteiger partial charge in [0.25, 0.3) is 5.91 Å². The van der Waals surface area contributed by atoms with Gasteiger partial charge in [0.15, 0.2) is 5.69 Å². The van der Waals surface area contributed by atoms with E-state index >= 15 is 0 Å². The molecule has 0 saturated carbocycles. The quantitative estimate of drug-likeness (QED) is 0.841. The summed E-state index contributed by atoms with van der Waals surface area (Å²) >= 11 is 0. The van der Waals surface area contributed by atoms with Crippen LogP contribution in [0.1, 0.15) is 47.6 Å². The topological polar surface area (TPSA) is 71.8 Å². The van der Waals surface area contributed by atoms with Crippen LogP contribution < -0.4 is 10.6 Å². The molecule has 2 aromatic rings. The van der Waals surface area contributed by atoms with Crippen molar-refractivity contribution in [2.75, 3.05) is 6.54 Å². The Balaban J connectivity index is 1.69. The fourth-order valence-corrected chi connectivity index (χ4v) is 3.32. The van der Waals surface area contributed by atoms with Gasteiger partial charge in [-0.3, -0.25) is 14.5 Å². The molecule has 0 radical (unpaired) electrons. The first-order valence-corrected chi connectivity index (χ1v) is 8.99. The minimum absolute atomic E-state index is 0.0989. The fraction of sp³-hybridized carbons (Fsp3) is 0.526. The van der Waals surface area contributed by atoms with Crippen molar-refractivity contribution in [1.29, 1.82) is 0 Å². The largest absolute Gasteiger partial charge is 0.347 e. The maximum absolute atomic E-state index is 12.7. The second-order valence-electron chi connectivity index (χ2n) is 7.18. The van der Waals surface area contributed by atoms with E-state index in [1.54, 1.807) is 12.4 Å². The predicted molar refractivity (Wildman–Crippen MR) is 97.3 cm³/mol. The van der Waals surface area contributed by atoms with E-state index in [1.165, 1.54) is 5.69 Å². The molecule has 1 atom stereocenters. The standard InChI is InChI=1S/C19H27N5O/c1-13(2)11-21-15-4-5-17-16(10-15)18(23-24(17)3)19(25)22-12-14-6-8-20-9-7-14/h6-9,13,15,21H,4-5,10-12H2,1-3H3,(H,22,25). The molecule has 3 rings (SSSR count). The van der Waals surface area contributed by atoms with Crippen molar-refractivity contribution in [3.05, 3.63) is 47.0 Å². The Bertz CT molecular complexity index is 723. The van der Waals surface area contributed by atoms with Gasteiger partial charge in [0.1, 0.15) is 0 Å². The lowest BCUT2D eigenvalue weighted by Crippen LogP contribution is -2.37. The summed E-state index contributed by atoms with van der Waals surface area (Å²) in [6, 6.07) is 4.23. The van der Waals surface area contributed by atoms with Gasteiger partial charge in [0.2, 0.25) is 0 Å². The summed E-state index contributed by atoms with van der Waals surface area (Å²) in [5.74, 6) is 0.525. The van der Waals surface area contributed by atoms with Crippen molar-refractivity contribution in [2.45, 2.75) is 45.7 Å². The first-order valence-electron chi connectivity index (χ1n) is 8.99. The normalized spacial score (nSPS) is 16.7. The number of rotatable bonds is 6. The lowest BCUT2D eigenvalue weighted by atomic mass is 9.91. The highest BCUT2D eigenvalue weighted by molar-refractivity contribution is 5.94. The highest BCUT2D eigenvalue weighted by Crippen LogP contribution is 2.24. The molecular formula is C19H27N5O. The second kappa shape index (κ2) is 7.78. The Kier molecular flexibility index (Phi) is 5.48. The van der Waals surface area contributed by atoms with Crippen molar-refractivity contribution in [3.8, 4) is 0 Å². The number of nitrogens with one attached hydrogen (secondary N) is 2. The smallest absolute Gasteiger partial charge is 0.272 e. The lowest BCUT2D eigenvalue weighted by molar-refractivity contribution is 0.0944. The van der Waals surface area contributed by atoms with E-state index < -0.39 is 0 Å². The molecule has 0 saturated heterocycles. The summed E-state index contributed by atoms with van der Waals surface area (Å²) in [5, 5.41) is 11.1. The van der Waals surface area contributed by atoms with Gasteiger partial charge in [-0.05, 0) is 49.4 Å². The summed E-state index contributed by atoms with van der Waals surface area (Å²) in [5.41, 5.74) is 3.89. The first kappa shape index (κ1) is 17.6. The highest BCUT2D eigenvalue weighted by Gasteiger charge is 2.28. The molecule has 0 aromatic carbocycles. The SMILES string of the molecule is CC(C)CNC1CCc2c(c(C(=O)NCc3ccncc3)nn2C)C1. The van der Waals surface area contributed by atoms with Gasteiger partial charge in [-0.2, -0.15) is 5.10 Å². The molecule has 1 aliphatic carbocycles. The zero-order valence-corrected chi connectivity index (χ0v) is 15.2. The molecule has 134 valence electrons. The van der Waals surface area contributed by atoms with Gasteiger partial charge in [0, 0.05) is 43.3 Å². The van der Waals surface area contributed by atoms with Crippen LogP contribution in [0.5, 0.6) is 0 Å². The third-order valence-electron chi connectivity index (χ3n) is 4.69. The monoisotopic (exact) mass is 341 g/mol. The van der Waals surface area contributed by atoms with Crippen LogP contribution in [0.15, 0.2) is 24.5 Å². The molecule has 1 aliphatic rings. The maximum Gasteiger partial charge on any atom is 0.272 e. The number of nitrogens with zero attached hydrogens (tertiary/aromatic N) is 3. The summed E-state index contributed by atoms with van der Waals surface area (Å²) in [7, 11) is 1.93. The van der Waals surface area contributed by atoms with Crippen LogP contribution in [0.3, 0.4) is 0 Å². The van der Waals surface area contributed by atoms with E-state index in [2.05, 4.69) is 34.6 Å². The van der Waals surface area contributed by atoms with E-state index in [-0.39, 0.29) is 5.91 Å². The van der Waals surface area contributed by atoms with Crippen molar-refractivity contribution in [2.24, 2.45) is 13.0 Å². The fourth-order valence-electron chi connectivity index (χ4n) is 3.32. The van der Waals surface area contributed by atoms with E-state index in [0.717, 1.165) is 36.9 Å². The van der Waals surface area contributed by atoms with Crippen molar-refractivity contribution < 1.29 is 4.79 Å². The molecule has 1 unspecified atom stereocenters. The minimum atomic E-state index is -0.0989. The molecule has 2 N–H and O–H groups in total. The lowest BCUT2D eigenvalue weighted by Gasteiger charge is -2.25. The Morgan fingerprint density at radius 1 is 1.36 bits per heavy atom. The Morgan fingerprint density at radius 3 is 2.84 bits per heavy atom. The predicted octanol–water partition coefficient (Wildman–Crippen LogP) is 1.85. The number of carbonyl (C=O) groups excluding carboxylic acids is 1. The van der Waals surface area contributed by atoms with E-state index in [9.17, 15) is 4.79 Å². The number of pyridine rings is 1. The van der Waals surface area contributed by atoms with Crippen LogP contribution in [-0.2, 0) is 26.4 Å². The van der Waals surface area contributed by atoms with Crippen molar-refractivity contribution >= 4 is 5.91 Å². The van der Waals surface area contributed by atoms with Crippen LogP contribution >= 0.6 is 0 Å². The number of hydrogen-bond acceptors (Lipinski definition) is 4. The highest BCUT2D eigenvalue weighted by atomic mass is 16.1. The Morgan fingerprint density at radius 2 is 2.12 bits per heavy atom. The number of fused-ring (bicyclic) bond motifs is 1. The third-order valence-corrected chi connectivity index (χ3v) is 4.69. The number of carbonyl (C=O) groups is 1. The van der Waals surface area contributed by atoms with Crippen molar-refractivity contribution in [3.63, 3.8) is 0 Å². The van der Waals surface area contributed by atoms with Crippen LogP contribution in [0, 0.1) is 5.92 Å². The van der Waals surface area contributed by atoms with E-state index in [4.69, 9.17) is 0 Å². The Labute approximate surface area is 149 Å². The summed E-state index contributed by atoms with van der Waals surface area (Å²) in [4.78, 5) is 16.6. The van der Waals surface area contributed by atoms with Gasteiger partial charge >= 0.3 is 0 Å². The van der Waals surface area contributed by atoms with Crippen molar-refractivity contribution in [1.82, 2.24) is 25.4 Å². The average molecular weight is 341 g/mol. The molecular weight excluding hydrogens is 314 g/mol. The van der Waals surface area contributed by atoms with Gasteiger partial charge in [-0.25, -0.2) is 0 Å². The van der Waals surface area contributed by atoms with E-state index in [1.807, 2.05) is 23.9 Å². The summed E-state index contributed by atoms with van der Waals surface area (Å²) in [6.07, 6.45) is 6.39. The average Bonchev–Trinajstić information content (AvgIpc) is 2.95. The molecule has 0 spiro atoms. The molecule has 2 heterocycles. The molecule has 0 fully saturated rings. The van der Waals surface area contributed by atoms with E-state index in [0.29, 0.717) is 24.2 Å². The summed E-state index contributed by atoms with van der Waals surface area (Å²) in [6.45, 7) is 5.91. The zero-order valence-electron chi connectivity index (χ0n) is 15.2. The Hall–Kier alpha value is -2.21. The maximum atomic E-state index is 12.7. The number of hydrogen-bond donors (Lipinski definition) is 2. The minimum Gasteiger partial charge on any atom is -0.347 e. The first-order chi connectivity index (χ1) is 12.0. The number of amides is 1. The van der Waals surface area contributed by atoms with Crippen LogP contribution in [-0.4, -0.2) is 33.3 Å². The molecule has 6 heteroatoms. The molecule has 0 bridgehead atoms. The van der Waals surface area contributed by atoms with Gasteiger partial charge in [0.05, 0.1) is 0 Å². The van der Waals surface area contributed by atoms with Crippen LogP contribution in [0.2, 0.25) is 0 Å². The molecule has 6 nitrogen and oxygen atoms in total. The third kappa shape index (κ3) is 4.25. The second-order valence-corrected chi connectivity index (χ2v) is 7.18. The van der Waals surface area contributed by atoms with Crippen LogP contribution in [0.4, 0.5) is 0 Å². The number of aromatic nitrogens is 3. The molecule has 1 amide bonds.